The van der Waals surface area contributed by atoms with Gasteiger partial charge in [0.1, 0.15) is 0 Å². The molecule has 0 heterocycles. The van der Waals surface area contributed by atoms with Crippen molar-refractivity contribution < 1.29 is 9.90 Å². The summed E-state index contributed by atoms with van der Waals surface area (Å²) in [6, 6.07) is 0. The van der Waals surface area contributed by atoms with Crippen LogP contribution in [0.2, 0.25) is 0 Å². The maximum Gasteiger partial charge on any atom is 0.303 e. The van der Waals surface area contributed by atoms with Crippen molar-refractivity contribution in [3.63, 3.8) is 0 Å². The van der Waals surface area contributed by atoms with Gasteiger partial charge in [0.25, 0.3) is 0 Å². The molecule has 1 atom stereocenters. The van der Waals surface area contributed by atoms with Crippen LogP contribution in [0.3, 0.4) is 0 Å². The van der Waals surface area contributed by atoms with Crippen molar-refractivity contribution in [1.29, 1.82) is 0 Å². The molecule has 0 aliphatic heterocycles. The van der Waals surface area contributed by atoms with E-state index in [1.165, 1.54) is 0 Å². The molecule has 0 rings (SSSR count). The van der Waals surface area contributed by atoms with Gasteiger partial charge in [0, 0.05) is 11.8 Å². The third kappa shape index (κ3) is 4.62. The number of hydrogen-bond acceptors (Lipinski definition) is 1. The largest absolute Gasteiger partial charge is 0.481 e. The van der Waals surface area contributed by atoms with Crippen LogP contribution in [0.15, 0.2) is 0 Å². The maximum atomic E-state index is 10.1. The SMILES string of the molecule is CC(C)C(Cl)CCC(=O)O. The lowest BCUT2D eigenvalue weighted by Gasteiger charge is -2.10. The predicted molar refractivity (Wildman–Crippen MR) is 41.3 cm³/mol. The first-order chi connectivity index (χ1) is 4.54. The molecule has 0 bridgehead atoms. The van der Waals surface area contributed by atoms with Crippen LogP contribution >= 0.6 is 11.6 Å². The number of rotatable bonds is 4. The van der Waals surface area contributed by atoms with Crippen molar-refractivity contribution in [1.82, 2.24) is 0 Å². The Hall–Kier alpha value is -0.240. The van der Waals surface area contributed by atoms with E-state index in [2.05, 4.69) is 0 Å². The molecule has 0 radical (unpaired) electrons. The molecule has 60 valence electrons. The minimum Gasteiger partial charge on any atom is -0.481 e. The van der Waals surface area contributed by atoms with Crippen molar-refractivity contribution in [2.75, 3.05) is 0 Å². The normalized spacial score (nSPS) is 13.6. The first-order valence-electron chi connectivity index (χ1n) is 3.40. The minimum atomic E-state index is -0.772. The van der Waals surface area contributed by atoms with Gasteiger partial charge in [0.05, 0.1) is 0 Å². The Kier molecular flexibility index (Phi) is 4.45. The quantitative estimate of drug-likeness (QED) is 0.647. The lowest BCUT2D eigenvalue weighted by molar-refractivity contribution is -0.137. The molecule has 0 spiro atoms. The smallest absolute Gasteiger partial charge is 0.303 e. The summed E-state index contributed by atoms with van der Waals surface area (Å²) in [5.41, 5.74) is 0. The number of carbonyl (C=O) groups is 1. The van der Waals surface area contributed by atoms with Gasteiger partial charge < -0.3 is 5.11 Å². The van der Waals surface area contributed by atoms with Crippen LogP contribution in [0.4, 0.5) is 0 Å². The lowest BCUT2D eigenvalue weighted by Crippen LogP contribution is -2.09. The van der Waals surface area contributed by atoms with E-state index in [1.807, 2.05) is 13.8 Å². The fourth-order valence-corrected chi connectivity index (χ4v) is 0.704. The van der Waals surface area contributed by atoms with Gasteiger partial charge in [0.15, 0.2) is 0 Å². The van der Waals surface area contributed by atoms with E-state index >= 15 is 0 Å². The highest BCUT2D eigenvalue weighted by molar-refractivity contribution is 6.20. The summed E-state index contributed by atoms with van der Waals surface area (Å²) >= 11 is 5.80. The summed E-state index contributed by atoms with van der Waals surface area (Å²) < 4.78 is 0. The molecule has 0 aliphatic carbocycles. The Labute approximate surface area is 66.2 Å². The average Bonchev–Trinajstić information content (AvgIpc) is 1.82. The second-order valence-corrected chi connectivity index (χ2v) is 3.25. The van der Waals surface area contributed by atoms with Gasteiger partial charge in [-0.3, -0.25) is 4.79 Å². The van der Waals surface area contributed by atoms with Gasteiger partial charge in [-0.1, -0.05) is 13.8 Å². The molecular weight excluding hydrogens is 152 g/mol. The van der Waals surface area contributed by atoms with Crippen LogP contribution in [-0.2, 0) is 4.79 Å². The van der Waals surface area contributed by atoms with Gasteiger partial charge >= 0.3 is 5.97 Å². The molecule has 1 N–H and O–H groups in total. The van der Waals surface area contributed by atoms with Crippen molar-refractivity contribution >= 4 is 17.6 Å². The summed E-state index contributed by atoms with van der Waals surface area (Å²) in [7, 11) is 0. The molecule has 0 aromatic carbocycles. The second-order valence-electron chi connectivity index (χ2n) is 2.69. The van der Waals surface area contributed by atoms with Crippen LogP contribution < -0.4 is 0 Å². The standard InChI is InChI=1S/C7H13ClO2/c1-5(2)6(8)3-4-7(9)10/h5-6H,3-4H2,1-2H3,(H,9,10). The molecule has 2 nitrogen and oxygen atoms in total. The zero-order chi connectivity index (χ0) is 8.15. The van der Waals surface area contributed by atoms with E-state index in [0.29, 0.717) is 12.3 Å². The van der Waals surface area contributed by atoms with Crippen LogP contribution in [0.1, 0.15) is 26.7 Å². The van der Waals surface area contributed by atoms with Gasteiger partial charge in [-0.2, -0.15) is 0 Å². The Bertz CT molecular complexity index is 112. The fourth-order valence-electron chi connectivity index (χ4n) is 0.595. The minimum absolute atomic E-state index is 0.00361. The van der Waals surface area contributed by atoms with Crippen molar-refractivity contribution in [3.8, 4) is 0 Å². The summed E-state index contributed by atoms with van der Waals surface area (Å²) in [5.74, 6) is -0.410. The van der Waals surface area contributed by atoms with E-state index in [4.69, 9.17) is 16.7 Å². The van der Waals surface area contributed by atoms with E-state index < -0.39 is 5.97 Å². The molecule has 10 heavy (non-hydrogen) atoms. The number of aliphatic carboxylic acids is 1. The number of carboxylic acid groups (broad SMARTS) is 1. The van der Waals surface area contributed by atoms with E-state index in [1.54, 1.807) is 0 Å². The highest BCUT2D eigenvalue weighted by Gasteiger charge is 2.10. The topological polar surface area (TPSA) is 37.3 Å². The predicted octanol–water partition coefficient (Wildman–Crippen LogP) is 2.11. The number of hydrogen-bond donors (Lipinski definition) is 1. The van der Waals surface area contributed by atoms with Crippen molar-refractivity contribution in [2.45, 2.75) is 32.1 Å². The van der Waals surface area contributed by atoms with Gasteiger partial charge in [-0.15, -0.1) is 11.6 Å². The summed E-state index contributed by atoms with van der Waals surface area (Å²) in [6.07, 6.45) is 0.737. The maximum absolute atomic E-state index is 10.1. The molecule has 0 fully saturated rings. The van der Waals surface area contributed by atoms with Crippen LogP contribution in [0, 0.1) is 5.92 Å². The average molecular weight is 165 g/mol. The van der Waals surface area contributed by atoms with Crippen molar-refractivity contribution in [2.24, 2.45) is 5.92 Å². The molecule has 1 unspecified atom stereocenters. The highest BCUT2D eigenvalue weighted by atomic mass is 35.5. The Balaban J connectivity index is 3.39. The number of alkyl halides is 1. The molecule has 0 saturated heterocycles. The number of halogens is 1. The lowest BCUT2D eigenvalue weighted by atomic mass is 10.1. The Morgan fingerprint density at radius 1 is 1.60 bits per heavy atom. The fraction of sp³-hybridized carbons (Fsp3) is 0.857. The molecular formula is C7H13ClO2. The zero-order valence-electron chi connectivity index (χ0n) is 6.30. The molecule has 0 aromatic rings. The first-order valence-corrected chi connectivity index (χ1v) is 3.83. The van der Waals surface area contributed by atoms with Crippen LogP contribution in [0.25, 0.3) is 0 Å². The van der Waals surface area contributed by atoms with E-state index in [0.717, 1.165) is 0 Å². The molecule has 0 aromatic heterocycles. The zero-order valence-corrected chi connectivity index (χ0v) is 7.06. The van der Waals surface area contributed by atoms with Crippen LogP contribution in [-0.4, -0.2) is 16.5 Å². The molecule has 3 heteroatoms. The summed E-state index contributed by atoms with van der Waals surface area (Å²) in [6.45, 7) is 3.97. The molecule has 0 aliphatic rings. The first kappa shape index (κ1) is 9.76. The summed E-state index contributed by atoms with van der Waals surface area (Å²) in [5, 5.41) is 8.28. The monoisotopic (exact) mass is 164 g/mol. The third-order valence-corrected chi connectivity index (χ3v) is 2.08. The van der Waals surface area contributed by atoms with Crippen molar-refractivity contribution in [3.05, 3.63) is 0 Å². The third-order valence-electron chi connectivity index (χ3n) is 1.36. The van der Waals surface area contributed by atoms with Gasteiger partial charge in [-0.25, -0.2) is 0 Å². The Morgan fingerprint density at radius 2 is 2.10 bits per heavy atom. The van der Waals surface area contributed by atoms with Crippen LogP contribution in [0.5, 0.6) is 0 Å². The van der Waals surface area contributed by atoms with Gasteiger partial charge in [0.2, 0.25) is 0 Å². The summed E-state index contributed by atoms with van der Waals surface area (Å²) in [4.78, 5) is 10.1. The Morgan fingerprint density at radius 3 is 2.40 bits per heavy atom. The highest BCUT2D eigenvalue weighted by Crippen LogP contribution is 2.14. The second kappa shape index (κ2) is 4.56. The number of carboxylic acids is 1. The van der Waals surface area contributed by atoms with E-state index in [-0.39, 0.29) is 11.8 Å². The van der Waals surface area contributed by atoms with E-state index in [9.17, 15) is 4.79 Å². The molecule has 0 amide bonds. The molecule has 0 saturated carbocycles. The van der Waals surface area contributed by atoms with Gasteiger partial charge in [-0.05, 0) is 12.3 Å².